The third-order valence-electron chi connectivity index (χ3n) is 4.87. The van der Waals surface area contributed by atoms with Gasteiger partial charge in [-0.05, 0) is 36.3 Å². The van der Waals surface area contributed by atoms with Gasteiger partial charge in [-0.1, -0.05) is 11.2 Å². The quantitative estimate of drug-likeness (QED) is 0.789. The van der Waals surface area contributed by atoms with Crippen molar-refractivity contribution >= 4 is 12.0 Å². The Balaban J connectivity index is 1.29. The SMILES string of the molecule is Cc1cc(CN2CCN(C(=O)/C=C\c3ccc4c(c3)CCO4)CC2)on1. The van der Waals surface area contributed by atoms with Crippen molar-refractivity contribution in [1.82, 2.24) is 15.0 Å². The van der Waals surface area contributed by atoms with E-state index in [-0.39, 0.29) is 5.91 Å². The van der Waals surface area contributed by atoms with Crippen LogP contribution in [-0.4, -0.2) is 53.6 Å². The largest absolute Gasteiger partial charge is 0.493 e. The maximum atomic E-state index is 12.4. The Hall–Kier alpha value is -2.60. The minimum atomic E-state index is 0.0666. The molecule has 2 aromatic rings. The van der Waals surface area contributed by atoms with E-state index in [1.54, 1.807) is 6.08 Å². The van der Waals surface area contributed by atoms with E-state index in [1.165, 1.54) is 5.56 Å². The van der Waals surface area contributed by atoms with Gasteiger partial charge in [-0.2, -0.15) is 0 Å². The molecule has 1 aromatic carbocycles. The maximum Gasteiger partial charge on any atom is 0.246 e. The molecule has 2 aliphatic heterocycles. The van der Waals surface area contributed by atoms with Crippen molar-refractivity contribution in [3.63, 3.8) is 0 Å². The number of rotatable bonds is 4. The molecule has 0 unspecified atom stereocenters. The molecule has 1 aromatic heterocycles. The van der Waals surface area contributed by atoms with Gasteiger partial charge in [0.1, 0.15) is 5.75 Å². The Bertz CT molecular complexity index is 819. The number of amides is 1. The van der Waals surface area contributed by atoms with Crippen LogP contribution < -0.4 is 4.74 Å². The first-order chi connectivity index (χ1) is 12.7. The third-order valence-corrected chi connectivity index (χ3v) is 4.87. The highest BCUT2D eigenvalue weighted by atomic mass is 16.5. The summed E-state index contributed by atoms with van der Waals surface area (Å²) < 4.78 is 10.8. The summed E-state index contributed by atoms with van der Waals surface area (Å²) in [5, 5.41) is 3.92. The zero-order valence-corrected chi connectivity index (χ0v) is 15.0. The molecule has 3 heterocycles. The van der Waals surface area contributed by atoms with Crippen LogP contribution in [0, 0.1) is 6.92 Å². The fourth-order valence-electron chi connectivity index (χ4n) is 3.42. The van der Waals surface area contributed by atoms with Gasteiger partial charge in [0.2, 0.25) is 5.91 Å². The first-order valence-corrected chi connectivity index (χ1v) is 9.05. The Labute approximate surface area is 153 Å². The number of nitrogens with zero attached hydrogens (tertiary/aromatic N) is 3. The van der Waals surface area contributed by atoms with Gasteiger partial charge < -0.3 is 14.2 Å². The van der Waals surface area contributed by atoms with Gasteiger partial charge >= 0.3 is 0 Å². The number of carbonyl (C=O) groups is 1. The molecule has 0 bridgehead atoms. The van der Waals surface area contributed by atoms with Crippen LogP contribution in [-0.2, 0) is 17.8 Å². The Morgan fingerprint density at radius 2 is 2.08 bits per heavy atom. The fraction of sp³-hybridized carbons (Fsp3) is 0.400. The lowest BCUT2D eigenvalue weighted by Gasteiger charge is -2.33. The predicted molar refractivity (Wildman–Crippen MR) is 97.8 cm³/mol. The number of hydrogen-bond acceptors (Lipinski definition) is 5. The molecule has 1 saturated heterocycles. The number of fused-ring (bicyclic) bond motifs is 1. The van der Waals surface area contributed by atoms with Crippen molar-refractivity contribution in [2.75, 3.05) is 32.8 Å². The normalized spacial score (nSPS) is 17.5. The second-order valence-electron chi connectivity index (χ2n) is 6.83. The van der Waals surface area contributed by atoms with E-state index in [1.807, 2.05) is 36.1 Å². The molecule has 6 heteroatoms. The molecule has 0 radical (unpaired) electrons. The molecule has 6 nitrogen and oxygen atoms in total. The highest BCUT2D eigenvalue weighted by Crippen LogP contribution is 2.26. The van der Waals surface area contributed by atoms with Crippen LogP contribution in [0.5, 0.6) is 5.75 Å². The Kier molecular flexibility index (Phi) is 4.75. The number of ether oxygens (including phenoxy) is 1. The smallest absolute Gasteiger partial charge is 0.246 e. The molecule has 0 atom stereocenters. The van der Waals surface area contributed by atoms with Crippen LogP contribution in [0.15, 0.2) is 34.9 Å². The second kappa shape index (κ2) is 7.33. The molecule has 4 rings (SSSR count). The maximum absolute atomic E-state index is 12.4. The molecule has 1 amide bonds. The molecular weight excluding hydrogens is 330 g/mol. The van der Waals surface area contributed by atoms with Crippen LogP contribution in [0.1, 0.15) is 22.6 Å². The minimum Gasteiger partial charge on any atom is -0.493 e. The van der Waals surface area contributed by atoms with Crippen molar-refractivity contribution in [3.8, 4) is 5.75 Å². The fourth-order valence-corrected chi connectivity index (χ4v) is 3.42. The van der Waals surface area contributed by atoms with Gasteiger partial charge in [0.15, 0.2) is 5.76 Å². The van der Waals surface area contributed by atoms with Crippen molar-refractivity contribution in [3.05, 3.63) is 52.9 Å². The number of aromatic nitrogens is 1. The number of hydrogen-bond donors (Lipinski definition) is 0. The Morgan fingerprint density at radius 1 is 1.23 bits per heavy atom. The highest BCUT2D eigenvalue weighted by Gasteiger charge is 2.20. The molecule has 26 heavy (non-hydrogen) atoms. The molecule has 136 valence electrons. The number of carbonyl (C=O) groups excluding carboxylic acids is 1. The molecule has 0 N–H and O–H groups in total. The first-order valence-electron chi connectivity index (χ1n) is 9.05. The predicted octanol–water partition coefficient (Wildman–Crippen LogP) is 2.28. The molecule has 0 saturated carbocycles. The van der Waals surface area contributed by atoms with E-state index in [0.29, 0.717) is 0 Å². The first kappa shape index (κ1) is 16.8. The summed E-state index contributed by atoms with van der Waals surface area (Å²) in [6.45, 7) is 6.56. The monoisotopic (exact) mass is 353 g/mol. The highest BCUT2D eigenvalue weighted by molar-refractivity contribution is 5.91. The van der Waals surface area contributed by atoms with Crippen LogP contribution >= 0.6 is 0 Å². The summed E-state index contributed by atoms with van der Waals surface area (Å²) in [5.41, 5.74) is 3.16. The van der Waals surface area contributed by atoms with Gasteiger partial charge in [0.25, 0.3) is 0 Å². The van der Waals surface area contributed by atoms with Crippen molar-refractivity contribution in [2.45, 2.75) is 19.9 Å². The molecule has 1 fully saturated rings. The standard InChI is InChI=1S/C20H23N3O3/c1-15-12-18(26-21-15)14-22-7-9-23(10-8-22)20(24)5-3-16-2-4-19-17(13-16)6-11-25-19/h2-5,12-13H,6-11,14H2,1H3/b5-3-. The van der Waals surface area contributed by atoms with E-state index in [0.717, 1.165) is 68.5 Å². The zero-order chi connectivity index (χ0) is 17.9. The van der Waals surface area contributed by atoms with Crippen molar-refractivity contribution in [2.24, 2.45) is 0 Å². The lowest BCUT2D eigenvalue weighted by Crippen LogP contribution is -2.47. The van der Waals surface area contributed by atoms with Crippen LogP contribution in [0.4, 0.5) is 0 Å². The number of aryl methyl sites for hydroxylation is 1. The average molecular weight is 353 g/mol. The Morgan fingerprint density at radius 3 is 2.85 bits per heavy atom. The van der Waals surface area contributed by atoms with Gasteiger partial charge in [-0.25, -0.2) is 0 Å². The molecule has 0 aliphatic carbocycles. The van der Waals surface area contributed by atoms with E-state index in [4.69, 9.17) is 9.26 Å². The summed E-state index contributed by atoms with van der Waals surface area (Å²) >= 11 is 0. The van der Waals surface area contributed by atoms with Crippen molar-refractivity contribution < 1.29 is 14.1 Å². The zero-order valence-electron chi connectivity index (χ0n) is 15.0. The lowest BCUT2D eigenvalue weighted by atomic mass is 10.1. The van der Waals surface area contributed by atoms with Crippen LogP contribution in [0.2, 0.25) is 0 Å². The lowest BCUT2D eigenvalue weighted by molar-refractivity contribution is -0.127. The van der Waals surface area contributed by atoms with E-state index < -0.39 is 0 Å². The summed E-state index contributed by atoms with van der Waals surface area (Å²) in [4.78, 5) is 16.6. The van der Waals surface area contributed by atoms with Gasteiger partial charge in [-0.15, -0.1) is 0 Å². The second-order valence-corrected chi connectivity index (χ2v) is 6.83. The van der Waals surface area contributed by atoms with Gasteiger partial charge in [0.05, 0.1) is 18.8 Å². The molecular formula is C20H23N3O3. The van der Waals surface area contributed by atoms with Gasteiger partial charge in [0, 0.05) is 44.7 Å². The minimum absolute atomic E-state index is 0.0666. The summed E-state index contributed by atoms with van der Waals surface area (Å²) in [6, 6.07) is 8.03. The molecule has 2 aliphatic rings. The van der Waals surface area contributed by atoms with E-state index >= 15 is 0 Å². The van der Waals surface area contributed by atoms with E-state index in [2.05, 4.69) is 16.1 Å². The average Bonchev–Trinajstić information content (AvgIpc) is 3.28. The summed E-state index contributed by atoms with van der Waals surface area (Å²) in [7, 11) is 0. The summed E-state index contributed by atoms with van der Waals surface area (Å²) in [5.74, 6) is 1.91. The molecule has 0 spiro atoms. The number of piperazine rings is 1. The third kappa shape index (κ3) is 3.80. The number of benzene rings is 1. The van der Waals surface area contributed by atoms with Gasteiger partial charge in [-0.3, -0.25) is 9.69 Å². The van der Waals surface area contributed by atoms with Crippen LogP contribution in [0.3, 0.4) is 0 Å². The van der Waals surface area contributed by atoms with Crippen molar-refractivity contribution in [1.29, 1.82) is 0 Å². The summed E-state index contributed by atoms with van der Waals surface area (Å²) in [6.07, 6.45) is 4.51. The van der Waals surface area contributed by atoms with E-state index in [9.17, 15) is 4.79 Å². The topological polar surface area (TPSA) is 58.8 Å². The van der Waals surface area contributed by atoms with Crippen LogP contribution in [0.25, 0.3) is 6.08 Å².